The SMILES string of the molecule is O=S(=O)(O)c1ccc2c(N=Nc3cc(N=Nc4ccc(S(=O)(=O)O)c5ccccc45)c([O-])cc3[O-])cccc2c1.[Na+].[Na+]. The van der Waals surface area contributed by atoms with Gasteiger partial charge in [-0.05, 0) is 41.8 Å². The molecule has 0 saturated heterocycles. The topological polar surface area (TPSA) is 204 Å². The molecule has 0 aliphatic rings. The van der Waals surface area contributed by atoms with Crippen molar-refractivity contribution in [3.63, 3.8) is 0 Å². The van der Waals surface area contributed by atoms with Crippen molar-refractivity contribution in [2.75, 3.05) is 0 Å². The summed E-state index contributed by atoms with van der Waals surface area (Å²) >= 11 is 0. The van der Waals surface area contributed by atoms with Gasteiger partial charge in [0.15, 0.2) is 0 Å². The van der Waals surface area contributed by atoms with Crippen LogP contribution in [0.4, 0.5) is 22.7 Å². The predicted octanol–water partition coefficient (Wildman–Crippen LogP) is -0.528. The Labute approximate surface area is 283 Å². The van der Waals surface area contributed by atoms with E-state index in [4.69, 9.17) is 0 Å². The van der Waals surface area contributed by atoms with E-state index in [1.54, 1.807) is 36.4 Å². The van der Waals surface area contributed by atoms with Crippen molar-refractivity contribution >= 4 is 64.5 Å². The Morgan fingerprint density at radius 2 is 1.10 bits per heavy atom. The Balaban J connectivity index is 0.00000242. The van der Waals surface area contributed by atoms with E-state index in [1.807, 2.05) is 0 Å². The fourth-order valence-corrected chi connectivity index (χ4v) is 5.18. The van der Waals surface area contributed by atoms with Gasteiger partial charge in [0.25, 0.3) is 20.2 Å². The number of nitrogens with zero attached hydrogens (tertiary/aromatic N) is 4. The summed E-state index contributed by atoms with van der Waals surface area (Å²) in [5.41, 5.74) is 0.0502. The number of hydrogen-bond donors (Lipinski definition) is 2. The molecular weight excluding hydrogens is 606 g/mol. The van der Waals surface area contributed by atoms with E-state index in [0.29, 0.717) is 21.8 Å². The number of azo groups is 2. The van der Waals surface area contributed by atoms with Crippen LogP contribution >= 0.6 is 0 Å². The second kappa shape index (κ2) is 13.3. The van der Waals surface area contributed by atoms with Crippen molar-refractivity contribution in [3.05, 3.63) is 84.9 Å². The standard InChI is InChI=1S/C26H18N4O8S2.2Na/c31-24-14-25(32)23(30-28-21-10-11-26(40(36,37)38)19-6-2-1-5-18(19)21)13-22(24)29-27-20-7-3-4-15-12-16(39(33,34)35)8-9-17(15)20;;/h1-14,31-32H,(H,33,34,35)(H,36,37,38);;/q;2*+1/p-2. The molecule has 0 fully saturated rings. The molecule has 12 nitrogen and oxygen atoms in total. The largest absolute Gasteiger partial charge is 1.00 e. The third-order valence-electron chi connectivity index (χ3n) is 5.84. The van der Waals surface area contributed by atoms with E-state index in [0.717, 1.165) is 18.2 Å². The second-order valence-corrected chi connectivity index (χ2v) is 11.2. The molecule has 5 aromatic carbocycles. The zero-order chi connectivity index (χ0) is 28.7. The summed E-state index contributed by atoms with van der Waals surface area (Å²) in [6, 6.07) is 19.3. The molecule has 5 rings (SSSR count). The van der Waals surface area contributed by atoms with Gasteiger partial charge in [0.1, 0.15) is 4.90 Å². The summed E-state index contributed by atoms with van der Waals surface area (Å²) < 4.78 is 65.1. The maximum atomic E-state index is 12.4. The van der Waals surface area contributed by atoms with Crippen molar-refractivity contribution in [2.24, 2.45) is 20.5 Å². The molecule has 202 valence electrons. The van der Waals surface area contributed by atoms with Gasteiger partial charge in [0.05, 0.1) is 27.6 Å². The van der Waals surface area contributed by atoms with Gasteiger partial charge < -0.3 is 10.2 Å². The molecule has 5 aromatic rings. The van der Waals surface area contributed by atoms with Crippen LogP contribution in [0.25, 0.3) is 21.5 Å². The second-order valence-electron chi connectivity index (χ2n) is 8.43. The molecule has 0 radical (unpaired) electrons. The van der Waals surface area contributed by atoms with E-state index in [9.17, 15) is 36.2 Å². The minimum Gasteiger partial charge on any atom is -0.871 e. The summed E-state index contributed by atoms with van der Waals surface area (Å²) in [7, 11) is -8.91. The van der Waals surface area contributed by atoms with E-state index in [-0.39, 0.29) is 91.4 Å². The molecule has 0 spiro atoms. The molecule has 0 aliphatic heterocycles. The van der Waals surface area contributed by atoms with Crippen molar-refractivity contribution in [1.29, 1.82) is 0 Å². The fourth-order valence-electron chi connectivity index (χ4n) is 3.97. The van der Waals surface area contributed by atoms with Crippen LogP contribution in [0.15, 0.2) is 115 Å². The number of hydrogen-bond acceptors (Lipinski definition) is 10. The molecule has 42 heavy (non-hydrogen) atoms. The maximum absolute atomic E-state index is 12.4. The van der Waals surface area contributed by atoms with Gasteiger partial charge in [-0.2, -0.15) is 27.1 Å². The van der Waals surface area contributed by atoms with Gasteiger partial charge in [-0.15, -0.1) is 10.2 Å². The molecule has 0 aliphatic carbocycles. The van der Waals surface area contributed by atoms with Crippen LogP contribution in [0.5, 0.6) is 11.5 Å². The average Bonchev–Trinajstić information content (AvgIpc) is 2.90. The third kappa shape index (κ3) is 7.23. The molecule has 0 unspecified atom stereocenters. The zero-order valence-corrected chi connectivity index (χ0v) is 27.7. The Kier molecular flexibility index (Phi) is 10.7. The number of benzene rings is 5. The van der Waals surface area contributed by atoms with Crippen molar-refractivity contribution in [2.45, 2.75) is 9.79 Å². The predicted molar refractivity (Wildman–Crippen MR) is 141 cm³/mol. The first-order valence-electron chi connectivity index (χ1n) is 11.3. The van der Waals surface area contributed by atoms with E-state index in [1.165, 1.54) is 30.3 Å². The molecule has 0 saturated carbocycles. The summed E-state index contributed by atoms with van der Waals surface area (Å²) in [5, 5.41) is 42.3. The maximum Gasteiger partial charge on any atom is 1.00 e. The minimum atomic E-state index is -4.50. The minimum absolute atomic E-state index is 0. The number of fused-ring (bicyclic) bond motifs is 2. The van der Waals surface area contributed by atoms with Crippen molar-refractivity contribution in [1.82, 2.24) is 0 Å². The molecule has 16 heteroatoms. The van der Waals surface area contributed by atoms with Gasteiger partial charge >= 0.3 is 59.1 Å². The summed E-state index contributed by atoms with van der Waals surface area (Å²) in [6.07, 6.45) is 0. The van der Waals surface area contributed by atoms with Crippen LogP contribution in [-0.2, 0) is 20.2 Å². The smallest absolute Gasteiger partial charge is 0.871 e. The van der Waals surface area contributed by atoms with Crippen molar-refractivity contribution < 1.29 is 95.3 Å². The van der Waals surface area contributed by atoms with Crippen LogP contribution in [0, 0.1) is 0 Å². The van der Waals surface area contributed by atoms with E-state index in [2.05, 4.69) is 20.5 Å². The number of rotatable bonds is 6. The Morgan fingerprint density at radius 1 is 0.524 bits per heavy atom. The molecule has 0 amide bonds. The van der Waals surface area contributed by atoms with E-state index < -0.39 is 31.7 Å². The molecule has 0 aromatic heterocycles. The zero-order valence-electron chi connectivity index (χ0n) is 22.0. The first-order valence-corrected chi connectivity index (χ1v) is 14.1. The first-order chi connectivity index (χ1) is 18.9. The van der Waals surface area contributed by atoms with Crippen molar-refractivity contribution in [3.8, 4) is 11.5 Å². The van der Waals surface area contributed by atoms with E-state index >= 15 is 0 Å². The molecule has 2 N–H and O–H groups in total. The molecule has 0 atom stereocenters. The normalized spacial score (nSPS) is 12.0. The Morgan fingerprint density at radius 3 is 1.69 bits per heavy atom. The van der Waals surface area contributed by atoms with Crippen LogP contribution in [0.2, 0.25) is 0 Å². The van der Waals surface area contributed by atoms with Gasteiger partial charge in [0.2, 0.25) is 0 Å². The van der Waals surface area contributed by atoms with Gasteiger partial charge in [0, 0.05) is 16.2 Å². The first kappa shape index (κ1) is 33.7. The van der Waals surface area contributed by atoms with Crippen LogP contribution in [-0.4, -0.2) is 25.9 Å². The Hall–Kier alpha value is -2.76. The van der Waals surface area contributed by atoms with Gasteiger partial charge in [-0.25, -0.2) is 0 Å². The Bertz CT molecular complexity index is 2110. The summed E-state index contributed by atoms with van der Waals surface area (Å²) in [6.45, 7) is 0. The quantitative estimate of drug-likeness (QED) is 0.143. The van der Waals surface area contributed by atoms with Crippen LogP contribution in [0.3, 0.4) is 0 Å². The molecular formula is C26H16N4Na2O8S2. The van der Waals surface area contributed by atoms with Crippen LogP contribution < -0.4 is 69.3 Å². The van der Waals surface area contributed by atoms with Gasteiger partial charge in [-0.1, -0.05) is 60.0 Å². The third-order valence-corrected chi connectivity index (χ3v) is 7.60. The fraction of sp³-hybridized carbons (Fsp3) is 0. The molecule has 0 heterocycles. The molecule has 0 bridgehead atoms. The monoisotopic (exact) mass is 622 g/mol. The summed E-state index contributed by atoms with van der Waals surface area (Å²) in [4.78, 5) is -0.606. The van der Waals surface area contributed by atoms with Crippen LogP contribution in [0.1, 0.15) is 0 Å². The van der Waals surface area contributed by atoms with Gasteiger partial charge in [-0.3, -0.25) is 9.11 Å². The average molecular weight is 623 g/mol. The summed E-state index contributed by atoms with van der Waals surface area (Å²) in [5.74, 6) is -1.45.